The molecule has 0 radical (unpaired) electrons. The van der Waals surface area contributed by atoms with Crippen LogP contribution in [0.15, 0.2) is 18.2 Å². The average Bonchev–Trinajstić information content (AvgIpc) is 2.48. The van der Waals surface area contributed by atoms with Crippen LogP contribution in [0.5, 0.6) is 5.75 Å². The van der Waals surface area contributed by atoms with Gasteiger partial charge in [0.25, 0.3) is 0 Å². The first-order chi connectivity index (χ1) is 9.76. The van der Waals surface area contributed by atoms with E-state index in [2.05, 4.69) is 10.6 Å². The lowest BCUT2D eigenvalue weighted by atomic mass is 10.0. The Kier molecular flexibility index (Phi) is 3.89. The van der Waals surface area contributed by atoms with Crippen LogP contribution in [0.25, 0.3) is 0 Å². The molecule has 5 heteroatoms. The van der Waals surface area contributed by atoms with E-state index in [1.54, 1.807) is 0 Å². The molecule has 1 aromatic carbocycles. The Morgan fingerprint density at radius 1 is 1.40 bits per heavy atom. The van der Waals surface area contributed by atoms with Crippen molar-refractivity contribution < 1.29 is 14.3 Å². The summed E-state index contributed by atoms with van der Waals surface area (Å²) in [7, 11) is 1.95. The van der Waals surface area contributed by atoms with Crippen LogP contribution < -0.4 is 15.4 Å². The molecule has 2 aliphatic heterocycles. The lowest BCUT2D eigenvalue weighted by molar-refractivity contribution is -0.116. The second kappa shape index (κ2) is 5.81. The van der Waals surface area contributed by atoms with E-state index < -0.39 is 0 Å². The van der Waals surface area contributed by atoms with Gasteiger partial charge in [0.05, 0.1) is 6.61 Å². The molecule has 2 N–H and O–H groups in total. The van der Waals surface area contributed by atoms with Gasteiger partial charge < -0.3 is 20.1 Å². The summed E-state index contributed by atoms with van der Waals surface area (Å²) in [4.78, 5) is 11.3. The van der Waals surface area contributed by atoms with E-state index in [0.29, 0.717) is 19.1 Å². The number of ether oxygens (including phenoxy) is 2. The minimum absolute atomic E-state index is 0.0324. The Hall–Kier alpha value is -1.59. The molecular formula is C15H20N2O3. The Bertz CT molecular complexity index is 504. The maximum absolute atomic E-state index is 11.3. The zero-order chi connectivity index (χ0) is 13.9. The van der Waals surface area contributed by atoms with E-state index in [0.717, 1.165) is 36.4 Å². The quantitative estimate of drug-likeness (QED) is 0.874. The second-order valence-electron chi connectivity index (χ2n) is 5.28. The Labute approximate surface area is 118 Å². The van der Waals surface area contributed by atoms with Crippen LogP contribution in [0.3, 0.4) is 0 Å². The molecule has 2 atom stereocenters. The molecule has 0 aromatic heterocycles. The van der Waals surface area contributed by atoms with Crippen LogP contribution in [0, 0.1) is 0 Å². The van der Waals surface area contributed by atoms with E-state index in [9.17, 15) is 4.79 Å². The van der Waals surface area contributed by atoms with Crippen molar-refractivity contribution in [1.82, 2.24) is 5.32 Å². The number of carbonyl (C=O) groups excluding carboxylic acids is 1. The van der Waals surface area contributed by atoms with Crippen molar-refractivity contribution in [2.75, 3.05) is 25.6 Å². The van der Waals surface area contributed by atoms with Crippen LogP contribution >= 0.6 is 0 Å². The summed E-state index contributed by atoms with van der Waals surface area (Å²) in [5.74, 6) is 0.928. The van der Waals surface area contributed by atoms with Gasteiger partial charge in [-0.3, -0.25) is 4.79 Å². The topological polar surface area (TPSA) is 59.6 Å². The molecule has 3 rings (SSSR count). The summed E-state index contributed by atoms with van der Waals surface area (Å²) >= 11 is 0. The molecule has 1 amide bonds. The van der Waals surface area contributed by atoms with Gasteiger partial charge in [-0.05, 0) is 43.7 Å². The number of aryl methyl sites for hydroxylation is 1. The number of rotatable bonds is 3. The molecule has 2 unspecified atom stereocenters. The zero-order valence-corrected chi connectivity index (χ0v) is 11.6. The van der Waals surface area contributed by atoms with Gasteiger partial charge in [0, 0.05) is 24.8 Å². The Balaban J connectivity index is 1.73. The SMILES string of the molecule is CNC1CCOCC1Oc1ccc2c(c1)CCC(=O)N2. The fraction of sp³-hybridized carbons (Fsp3) is 0.533. The Morgan fingerprint density at radius 2 is 2.30 bits per heavy atom. The largest absolute Gasteiger partial charge is 0.486 e. The average molecular weight is 276 g/mol. The van der Waals surface area contributed by atoms with Crippen LogP contribution in [0.4, 0.5) is 5.69 Å². The van der Waals surface area contributed by atoms with Gasteiger partial charge in [-0.15, -0.1) is 0 Å². The number of anilines is 1. The van der Waals surface area contributed by atoms with Gasteiger partial charge in [-0.1, -0.05) is 0 Å². The molecule has 0 saturated carbocycles. The number of hydrogen-bond donors (Lipinski definition) is 2. The van der Waals surface area contributed by atoms with Gasteiger partial charge in [0.2, 0.25) is 5.91 Å². The molecule has 0 spiro atoms. The lowest BCUT2D eigenvalue weighted by Gasteiger charge is -2.31. The van der Waals surface area contributed by atoms with Gasteiger partial charge >= 0.3 is 0 Å². The maximum atomic E-state index is 11.3. The van der Waals surface area contributed by atoms with E-state index in [4.69, 9.17) is 9.47 Å². The first kappa shape index (κ1) is 13.4. The number of hydrogen-bond acceptors (Lipinski definition) is 4. The monoisotopic (exact) mass is 276 g/mol. The number of carbonyl (C=O) groups is 1. The third-order valence-electron chi connectivity index (χ3n) is 3.93. The van der Waals surface area contributed by atoms with E-state index in [1.807, 2.05) is 25.2 Å². The van der Waals surface area contributed by atoms with E-state index in [-0.39, 0.29) is 12.0 Å². The normalized spacial score (nSPS) is 25.8. The first-order valence-electron chi connectivity index (χ1n) is 7.10. The molecule has 20 heavy (non-hydrogen) atoms. The highest BCUT2D eigenvalue weighted by Crippen LogP contribution is 2.28. The second-order valence-corrected chi connectivity index (χ2v) is 5.28. The fourth-order valence-corrected chi connectivity index (χ4v) is 2.77. The standard InChI is InChI=1S/C15H20N2O3/c1-16-13-6-7-19-9-14(13)20-11-3-4-12-10(8-11)2-5-15(18)17-12/h3-4,8,13-14,16H,2,5-7,9H2,1H3,(H,17,18). The van der Waals surface area contributed by atoms with Gasteiger partial charge in [0.15, 0.2) is 0 Å². The molecule has 1 saturated heterocycles. The van der Waals surface area contributed by atoms with Crippen LogP contribution in [0.2, 0.25) is 0 Å². The molecular weight excluding hydrogens is 256 g/mol. The molecule has 2 aliphatic rings. The molecule has 1 fully saturated rings. The molecule has 108 valence electrons. The number of amides is 1. The lowest BCUT2D eigenvalue weighted by Crippen LogP contribution is -2.48. The van der Waals surface area contributed by atoms with Crippen molar-refractivity contribution >= 4 is 11.6 Å². The third-order valence-corrected chi connectivity index (χ3v) is 3.93. The Morgan fingerprint density at radius 3 is 3.15 bits per heavy atom. The van der Waals surface area contributed by atoms with Crippen molar-refractivity contribution in [2.24, 2.45) is 0 Å². The highest BCUT2D eigenvalue weighted by molar-refractivity contribution is 5.93. The van der Waals surface area contributed by atoms with Crippen LogP contribution in [0.1, 0.15) is 18.4 Å². The van der Waals surface area contributed by atoms with Crippen molar-refractivity contribution in [3.05, 3.63) is 23.8 Å². The van der Waals surface area contributed by atoms with Crippen LogP contribution in [-0.4, -0.2) is 38.3 Å². The number of nitrogens with one attached hydrogen (secondary N) is 2. The van der Waals surface area contributed by atoms with Gasteiger partial charge in [-0.25, -0.2) is 0 Å². The van der Waals surface area contributed by atoms with Crippen LogP contribution in [-0.2, 0) is 16.0 Å². The summed E-state index contributed by atoms with van der Waals surface area (Å²) in [5, 5.41) is 6.16. The predicted octanol–water partition coefficient (Wildman–Crippen LogP) is 1.33. The van der Waals surface area contributed by atoms with Crippen molar-refractivity contribution in [3.8, 4) is 5.75 Å². The molecule has 0 aliphatic carbocycles. The summed E-state index contributed by atoms with van der Waals surface area (Å²) in [6.07, 6.45) is 2.31. The van der Waals surface area contributed by atoms with Crippen molar-refractivity contribution in [2.45, 2.75) is 31.4 Å². The minimum atomic E-state index is 0.0324. The predicted molar refractivity (Wildman–Crippen MR) is 76.1 cm³/mol. The van der Waals surface area contributed by atoms with Gasteiger partial charge in [-0.2, -0.15) is 0 Å². The number of benzene rings is 1. The molecule has 1 aromatic rings. The van der Waals surface area contributed by atoms with E-state index >= 15 is 0 Å². The zero-order valence-electron chi connectivity index (χ0n) is 11.6. The van der Waals surface area contributed by atoms with E-state index in [1.165, 1.54) is 0 Å². The minimum Gasteiger partial charge on any atom is -0.486 e. The summed E-state index contributed by atoms with van der Waals surface area (Å²) in [6.45, 7) is 1.39. The fourth-order valence-electron chi connectivity index (χ4n) is 2.77. The smallest absolute Gasteiger partial charge is 0.224 e. The van der Waals surface area contributed by atoms with Gasteiger partial charge in [0.1, 0.15) is 11.9 Å². The van der Waals surface area contributed by atoms with Crippen molar-refractivity contribution in [1.29, 1.82) is 0 Å². The number of likely N-dealkylation sites (N-methyl/N-ethyl adjacent to an activating group) is 1. The molecule has 2 heterocycles. The summed E-state index contributed by atoms with van der Waals surface area (Å²) in [5.41, 5.74) is 2.04. The highest BCUT2D eigenvalue weighted by Gasteiger charge is 2.26. The molecule has 0 bridgehead atoms. The summed E-state index contributed by atoms with van der Waals surface area (Å²) in [6, 6.07) is 6.17. The summed E-state index contributed by atoms with van der Waals surface area (Å²) < 4.78 is 11.5. The first-order valence-corrected chi connectivity index (χ1v) is 7.10. The third kappa shape index (κ3) is 2.78. The molecule has 5 nitrogen and oxygen atoms in total. The van der Waals surface area contributed by atoms with Crippen molar-refractivity contribution in [3.63, 3.8) is 0 Å². The maximum Gasteiger partial charge on any atom is 0.224 e. The highest BCUT2D eigenvalue weighted by atomic mass is 16.5. The number of fused-ring (bicyclic) bond motifs is 1.